The van der Waals surface area contributed by atoms with Crippen molar-refractivity contribution in [2.24, 2.45) is 0 Å². The van der Waals surface area contributed by atoms with Crippen molar-refractivity contribution in [2.45, 2.75) is 20.0 Å². The molecular formula is C12H10F2N2O5. The van der Waals surface area contributed by atoms with Crippen LogP contribution in [0.4, 0.5) is 14.5 Å². The van der Waals surface area contributed by atoms with E-state index in [0.717, 1.165) is 12.1 Å². The van der Waals surface area contributed by atoms with Gasteiger partial charge in [0.1, 0.15) is 17.4 Å². The Morgan fingerprint density at radius 2 is 2.19 bits per heavy atom. The van der Waals surface area contributed by atoms with Crippen LogP contribution >= 0.6 is 0 Å². The zero-order chi connectivity index (χ0) is 16.0. The van der Waals surface area contributed by atoms with Crippen LogP contribution in [0, 0.1) is 21.4 Å². The molecular weight excluding hydrogens is 290 g/mol. The van der Waals surface area contributed by atoms with Crippen LogP contribution in [-0.4, -0.2) is 24.1 Å². The fourth-order valence-electron chi connectivity index (χ4n) is 1.65. The predicted molar refractivity (Wildman–Crippen MR) is 64.8 cm³/mol. The minimum Gasteiger partial charge on any atom is -0.466 e. The zero-order valence-electron chi connectivity index (χ0n) is 10.8. The number of hydrogen-bond acceptors (Lipinski definition) is 6. The number of nitriles is 1. The van der Waals surface area contributed by atoms with Crippen molar-refractivity contribution in [2.75, 3.05) is 6.61 Å². The molecule has 21 heavy (non-hydrogen) atoms. The molecule has 0 atom stereocenters. The van der Waals surface area contributed by atoms with Gasteiger partial charge in [-0.2, -0.15) is 14.0 Å². The first-order chi connectivity index (χ1) is 9.90. The lowest BCUT2D eigenvalue weighted by Crippen LogP contribution is -2.13. The summed E-state index contributed by atoms with van der Waals surface area (Å²) >= 11 is 0. The fourth-order valence-corrected chi connectivity index (χ4v) is 1.65. The van der Waals surface area contributed by atoms with Crippen molar-refractivity contribution in [1.82, 2.24) is 0 Å². The maximum absolute atomic E-state index is 12.3. The third kappa shape index (κ3) is 4.10. The summed E-state index contributed by atoms with van der Waals surface area (Å²) in [6.45, 7) is -1.68. The molecule has 112 valence electrons. The van der Waals surface area contributed by atoms with E-state index in [1.807, 2.05) is 0 Å². The van der Waals surface area contributed by atoms with Crippen LogP contribution in [0.5, 0.6) is 5.75 Å². The standard InChI is InChI=1S/C12H10F2N2O5/c1-2-20-10(17)5-8-9(21-12(13)14)4-3-7(6-15)11(8)16(18)19/h3-4,12H,2,5H2,1H3. The van der Waals surface area contributed by atoms with Crippen LogP contribution in [-0.2, 0) is 16.0 Å². The molecule has 9 heteroatoms. The van der Waals surface area contributed by atoms with Gasteiger partial charge in [-0.15, -0.1) is 0 Å². The van der Waals surface area contributed by atoms with Gasteiger partial charge in [-0.05, 0) is 19.1 Å². The molecule has 1 aromatic rings. The third-order valence-electron chi connectivity index (χ3n) is 2.39. The van der Waals surface area contributed by atoms with Crippen LogP contribution in [0.15, 0.2) is 12.1 Å². The van der Waals surface area contributed by atoms with Gasteiger partial charge in [0.25, 0.3) is 5.69 Å². The van der Waals surface area contributed by atoms with E-state index in [9.17, 15) is 23.7 Å². The summed E-state index contributed by atoms with van der Waals surface area (Å²) in [6, 6.07) is 3.52. The molecule has 0 saturated carbocycles. The normalized spacial score (nSPS) is 10.0. The number of rotatable bonds is 6. The third-order valence-corrected chi connectivity index (χ3v) is 2.39. The molecule has 0 radical (unpaired) electrons. The Hall–Kier alpha value is -2.76. The number of nitrogens with zero attached hydrogens (tertiary/aromatic N) is 2. The number of ether oxygens (including phenoxy) is 2. The smallest absolute Gasteiger partial charge is 0.387 e. The molecule has 0 aliphatic carbocycles. The van der Waals surface area contributed by atoms with E-state index >= 15 is 0 Å². The molecule has 0 aliphatic heterocycles. The van der Waals surface area contributed by atoms with E-state index in [2.05, 4.69) is 9.47 Å². The molecule has 0 aliphatic rings. The van der Waals surface area contributed by atoms with Crippen LogP contribution in [0.2, 0.25) is 0 Å². The topological polar surface area (TPSA) is 102 Å². The molecule has 1 rings (SSSR count). The molecule has 0 bridgehead atoms. The number of esters is 1. The van der Waals surface area contributed by atoms with Crippen LogP contribution in [0.1, 0.15) is 18.1 Å². The Morgan fingerprint density at radius 3 is 2.67 bits per heavy atom. The first-order valence-corrected chi connectivity index (χ1v) is 5.71. The van der Waals surface area contributed by atoms with Gasteiger partial charge < -0.3 is 9.47 Å². The molecule has 0 aromatic heterocycles. The molecule has 0 spiro atoms. The van der Waals surface area contributed by atoms with Gasteiger partial charge in [-0.1, -0.05) is 0 Å². The van der Waals surface area contributed by atoms with Crippen molar-refractivity contribution in [3.8, 4) is 11.8 Å². The number of alkyl halides is 2. The number of carbonyl (C=O) groups is 1. The van der Waals surface area contributed by atoms with Crippen molar-refractivity contribution in [3.05, 3.63) is 33.4 Å². The monoisotopic (exact) mass is 300 g/mol. The Balaban J connectivity index is 3.39. The zero-order valence-corrected chi connectivity index (χ0v) is 10.8. The first kappa shape index (κ1) is 16.3. The van der Waals surface area contributed by atoms with Gasteiger partial charge in [0.2, 0.25) is 0 Å². The van der Waals surface area contributed by atoms with Gasteiger partial charge in [-0.3, -0.25) is 14.9 Å². The van der Waals surface area contributed by atoms with Gasteiger partial charge >= 0.3 is 12.6 Å². The molecule has 0 heterocycles. The number of halogens is 2. The van der Waals surface area contributed by atoms with Crippen molar-refractivity contribution >= 4 is 11.7 Å². The largest absolute Gasteiger partial charge is 0.466 e. The van der Waals surface area contributed by atoms with Crippen LogP contribution in [0.25, 0.3) is 0 Å². The first-order valence-electron chi connectivity index (χ1n) is 5.71. The lowest BCUT2D eigenvalue weighted by Gasteiger charge is -2.11. The predicted octanol–water partition coefficient (Wildman–Crippen LogP) is 2.17. The number of nitro groups is 1. The maximum Gasteiger partial charge on any atom is 0.387 e. The second-order valence-electron chi connectivity index (χ2n) is 3.67. The minimum atomic E-state index is -3.22. The number of hydrogen-bond donors (Lipinski definition) is 0. The van der Waals surface area contributed by atoms with E-state index in [1.165, 1.54) is 6.92 Å². The van der Waals surface area contributed by atoms with Crippen molar-refractivity contribution in [1.29, 1.82) is 5.26 Å². The highest BCUT2D eigenvalue weighted by atomic mass is 19.3. The summed E-state index contributed by atoms with van der Waals surface area (Å²) in [5.41, 5.74) is -1.53. The molecule has 7 nitrogen and oxygen atoms in total. The lowest BCUT2D eigenvalue weighted by molar-refractivity contribution is -0.385. The van der Waals surface area contributed by atoms with E-state index < -0.39 is 40.9 Å². The molecule has 0 unspecified atom stereocenters. The Kier molecular flexibility index (Phi) is 5.54. The summed E-state index contributed by atoms with van der Waals surface area (Å²) in [5.74, 6) is -1.39. The van der Waals surface area contributed by atoms with E-state index in [0.29, 0.717) is 0 Å². The van der Waals surface area contributed by atoms with Crippen molar-refractivity contribution in [3.63, 3.8) is 0 Å². The Morgan fingerprint density at radius 1 is 1.52 bits per heavy atom. The summed E-state index contributed by atoms with van der Waals surface area (Å²) in [4.78, 5) is 21.6. The number of benzene rings is 1. The van der Waals surface area contributed by atoms with Crippen molar-refractivity contribution < 1.29 is 28.0 Å². The number of nitro benzene ring substituents is 1. The summed E-state index contributed by atoms with van der Waals surface area (Å²) in [5, 5.41) is 19.9. The second-order valence-corrected chi connectivity index (χ2v) is 3.67. The lowest BCUT2D eigenvalue weighted by atomic mass is 10.0. The Labute approximate surface area is 117 Å². The molecule has 0 fully saturated rings. The molecule has 0 amide bonds. The van der Waals surface area contributed by atoms with Gasteiger partial charge in [-0.25, -0.2) is 0 Å². The maximum atomic E-state index is 12.3. The quantitative estimate of drug-likeness (QED) is 0.453. The van der Waals surface area contributed by atoms with Crippen LogP contribution < -0.4 is 4.74 Å². The fraction of sp³-hybridized carbons (Fsp3) is 0.333. The highest BCUT2D eigenvalue weighted by Gasteiger charge is 2.27. The Bertz CT molecular complexity index is 598. The van der Waals surface area contributed by atoms with E-state index in [-0.39, 0.29) is 12.2 Å². The molecule has 0 N–H and O–H groups in total. The average molecular weight is 300 g/mol. The SMILES string of the molecule is CCOC(=O)Cc1c(OC(F)F)ccc(C#N)c1[N+](=O)[O-]. The summed E-state index contributed by atoms with van der Waals surface area (Å²) < 4.78 is 33.4. The van der Waals surface area contributed by atoms with Crippen LogP contribution in [0.3, 0.4) is 0 Å². The molecule has 0 saturated heterocycles. The number of carbonyl (C=O) groups excluding carboxylic acids is 1. The van der Waals surface area contributed by atoms with Gasteiger partial charge in [0, 0.05) is 0 Å². The van der Waals surface area contributed by atoms with E-state index in [4.69, 9.17) is 5.26 Å². The summed E-state index contributed by atoms with van der Waals surface area (Å²) in [7, 11) is 0. The minimum absolute atomic E-state index is 0.0234. The second kappa shape index (κ2) is 7.14. The highest BCUT2D eigenvalue weighted by Crippen LogP contribution is 2.33. The van der Waals surface area contributed by atoms with E-state index in [1.54, 1.807) is 6.07 Å². The van der Waals surface area contributed by atoms with Gasteiger partial charge in [0.05, 0.1) is 23.5 Å². The average Bonchev–Trinajstić information content (AvgIpc) is 2.39. The van der Waals surface area contributed by atoms with Gasteiger partial charge in [0.15, 0.2) is 0 Å². The summed E-state index contributed by atoms with van der Waals surface area (Å²) in [6.07, 6.45) is -0.651. The highest BCUT2D eigenvalue weighted by molar-refractivity contribution is 5.77. The molecule has 1 aromatic carbocycles.